The predicted molar refractivity (Wildman–Crippen MR) is 81.9 cm³/mol. The van der Waals surface area contributed by atoms with Gasteiger partial charge in [-0.2, -0.15) is 5.10 Å². The zero-order chi connectivity index (χ0) is 13.8. The summed E-state index contributed by atoms with van der Waals surface area (Å²) in [7, 11) is 2.06. The van der Waals surface area contributed by atoms with Gasteiger partial charge in [-0.15, -0.1) is 0 Å². The van der Waals surface area contributed by atoms with E-state index in [9.17, 15) is 0 Å². The molecule has 1 aliphatic carbocycles. The molecule has 1 aliphatic rings. The standard InChI is InChI=1S/C17H23N3/c1-18-17(14-8-4-2-5-9-14)16-12-13-20(19-16)15-10-6-3-7-11-15/h3,6-7,10-14,17-18H,2,4-5,8-9H2,1H3. The van der Waals surface area contributed by atoms with Crippen LogP contribution in [-0.4, -0.2) is 16.8 Å². The SMILES string of the molecule is CNC(c1ccn(-c2ccccc2)n1)C1CCCCC1. The molecule has 3 heteroatoms. The summed E-state index contributed by atoms with van der Waals surface area (Å²) in [6.45, 7) is 0. The van der Waals surface area contributed by atoms with E-state index in [0.717, 1.165) is 11.6 Å². The molecule has 1 N–H and O–H groups in total. The highest BCUT2D eigenvalue weighted by molar-refractivity contribution is 5.30. The van der Waals surface area contributed by atoms with Gasteiger partial charge >= 0.3 is 0 Å². The number of benzene rings is 1. The quantitative estimate of drug-likeness (QED) is 0.917. The number of nitrogens with one attached hydrogen (secondary N) is 1. The van der Waals surface area contributed by atoms with Gasteiger partial charge in [0.15, 0.2) is 0 Å². The van der Waals surface area contributed by atoms with E-state index in [1.807, 2.05) is 22.9 Å². The third-order valence-corrected chi connectivity index (χ3v) is 4.38. The van der Waals surface area contributed by atoms with Gasteiger partial charge in [-0.3, -0.25) is 0 Å². The first-order chi connectivity index (χ1) is 9.88. The van der Waals surface area contributed by atoms with E-state index >= 15 is 0 Å². The molecule has 0 amide bonds. The molecule has 1 aromatic heterocycles. The van der Waals surface area contributed by atoms with Crippen molar-refractivity contribution in [2.45, 2.75) is 38.1 Å². The fourth-order valence-electron chi connectivity index (χ4n) is 3.32. The maximum atomic E-state index is 4.78. The maximum absolute atomic E-state index is 4.78. The Morgan fingerprint density at radius 1 is 1.10 bits per heavy atom. The van der Waals surface area contributed by atoms with E-state index < -0.39 is 0 Å². The van der Waals surface area contributed by atoms with Gasteiger partial charge in [-0.25, -0.2) is 4.68 Å². The summed E-state index contributed by atoms with van der Waals surface area (Å²) in [5.74, 6) is 0.730. The number of hydrogen-bond donors (Lipinski definition) is 1. The van der Waals surface area contributed by atoms with Gasteiger partial charge in [-0.05, 0) is 44.0 Å². The number of nitrogens with zero attached hydrogens (tertiary/aromatic N) is 2. The van der Waals surface area contributed by atoms with Crippen LogP contribution in [0.2, 0.25) is 0 Å². The smallest absolute Gasteiger partial charge is 0.0801 e. The van der Waals surface area contributed by atoms with Crippen LogP contribution >= 0.6 is 0 Å². The Morgan fingerprint density at radius 2 is 1.85 bits per heavy atom. The Hall–Kier alpha value is -1.61. The number of para-hydroxylation sites is 1. The van der Waals surface area contributed by atoms with E-state index in [4.69, 9.17) is 5.10 Å². The van der Waals surface area contributed by atoms with Crippen LogP contribution in [0.1, 0.15) is 43.8 Å². The maximum Gasteiger partial charge on any atom is 0.0801 e. The van der Waals surface area contributed by atoms with Crippen LogP contribution in [0, 0.1) is 5.92 Å². The second-order valence-corrected chi connectivity index (χ2v) is 5.69. The molecular weight excluding hydrogens is 246 g/mol. The number of hydrogen-bond acceptors (Lipinski definition) is 2. The molecule has 1 heterocycles. The van der Waals surface area contributed by atoms with E-state index in [0.29, 0.717) is 6.04 Å². The molecule has 0 aliphatic heterocycles. The molecule has 20 heavy (non-hydrogen) atoms. The Morgan fingerprint density at radius 3 is 2.55 bits per heavy atom. The van der Waals surface area contributed by atoms with Crippen LogP contribution in [0.15, 0.2) is 42.6 Å². The molecule has 1 saturated carbocycles. The summed E-state index contributed by atoms with van der Waals surface area (Å²) in [5.41, 5.74) is 2.29. The van der Waals surface area contributed by atoms with Gasteiger partial charge in [0.2, 0.25) is 0 Å². The van der Waals surface area contributed by atoms with E-state index in [1.165, 1.54) is 37.8 Å². The van der Waals surface area contributed by atoms with Crippen molar-refractivity contribution in [2.24, 2.45) is 5.92 Å². The Bertz CT molecular complexity index is 526. The Balaban J connectivity index is 1.80. The van der Waals surface area contributed by atoms with Crippen molar-refractivity contribution in [3.63, 3.8) is 0 Å². The molecule has 2 aromatic rings. The molecule has 1 aromatic carbocycles. The molecule has 1 fully saturated rings. The third kappa shape index (κ3) is 2.78. The zero-order valence-corrected chi connectivity index (χ0v) is 12.1. The van der Waals surface area contributed by atoms with Gasteiger partial charge in [0.05, 0.1) is 17.4 Å². The molecule has 0 bridgehead atoms. The zero-order valence-electron chi connectivity index (χ0n) is 12.1. The second kappa shape index (κ2) is 6.23. The summed E-state index contributed by atoms with van der Waals surface area (Å²) in [6.07, 6.45) is 8.83. The largest absolute Gasteiger partial charge is 0.311 e. The lowest BCUT2D eigenvalue weighted by Gasteiger charge is -2.28. The number of aromatic nitrogens is 2. The first-order valence-electron chi connectivity index (χ1n) is 7.67. The third-order valence-electron chi connectivity index (χ3n) is 4.38. The first-order valence-corrected chi connectivity index (χ1v) is 7.67. The lowest BCUT2D eigenvalue weighted by atomic mass is 9.83. The van der Waals surface area contributed by atoms with E-state index in [-0.39, 0.29) is 0 Å². The molecule has 0 radical (unpaired) electrons. The first kappa shape index (κ1) is 13.4. The fourth-order valence-corrected chi connectivity index (χ4v) is 3.32. The van der Waals surface area contributed by atoms with Crippen LogP contribution in [0.4, 0.5) is 0 Å². The molecular formula is C17H23N3. The summed E-state index contributed by atoms with van der Waals surface area (Å²) < 4.78 is 1.97. The van der Waals surface area contributed by atoms with Crippen molar-refractivity contribution < 1.29 is 0 Å². The van der Waals surface area contributed by atoms with Crippen LogP contribution in [0.5, 0.6) is 0 Å². The van der Waals surface area contributed by atoms with E-state index in [2.05, 4.69) is 36.8 Å². The average molecular weight is 269 g/mol. The van der Waals surface area contributed by atoms with Crippen molar-refractivity contribution in [3.8, 4) is 5.69 Å². The molecule has 1 unspecified atom stereocenters. The van der Waals surface area contributed by atoms with Crippen molar-refractivity contribution in [1.82, 2.24) is 15.1 Å². The average Bonchev–Trinajstić information content (AvgIpc) is 3.00. The number of rotatable bonds is 4. The van der Waals surface area contributed by atoms with E-state index in [1.54, 1.807) is 0 Å². The molecule has 0 saturated heterocycles. The highest BCUT2D eigenvalue weighted by atomic mass is 15.3. The highest BCUT2D eigenvalue weighted by Crippen LogP contribution is 2.33. The summed E-state index contributed by atoms with van der Waals surface area (Å²) in [5, 5.41) is 8.26. The van der Waals surface area contributed by atoms with Crippen molar-refractivity contribution in [2.75, 3.05) is 7.05 Å². The topological polar surface area (TPSA) is 29.9 Å². The van der Waals surface area contributed by atoms with Crippen LogP contribution in [-0.2, 0) is 0 Å². The Kier molecular flexibility index (Phi) is 4.16. The molecule has 106 valence electrons. The van der Waals surface area contributed by atoms with Crippen LogP contribution < -0.4 is 5.32 Å². The minimum Gasteiger partial charge on any atom is -0.311 e. The molecule has 3 rings (SSSR count). The summed E-state index contributed by atoms with van der Waals surface area (Å²) >= 11 is 0. The second-order valence-electron chi connectivity index (χ2n) is 5.69. The Labute approximate surface area is 121 Å². The minimum atomic E-state index is 0.389. The molecule has 3 nitrogen and oxygen atoms in total. The van der Waals surface area contributed by atoms with Gasteiger partial charge in [0.25, 0.3) is 0 Å². The highest BCUT2D eigenvalue weighted by Gasteiger charge is 2.25. The van der Waals surface area contributed by atoms with Gasteiger partial charge in [-0.1, -0.05) is 37.5 Å². The minimum absolute atomic E-state index is 0.389. The van der Waals surface area contributed by atoms with Crippen molar-refractivity contribution >= 4 is 0 Å². The molecule has 0 spiro atoms. The van der Waals surface area contributed by atoms with Gasteiger partial charge < -0.3 is 5.32 Å². The monoisotopic (exact) mass is 269 g/mol. The summed E-state index contributed by atoms with van der Waals surface area (Å²) in [6, 6.07) is 12.9. The van der Waals surface area contributed by atoms with Crippen LogP contribution in [0.3, 0.4) is 0 Å². The fraction of sp³-hybridized carbons (Fsp3) is 0.471. The lowest BCUT2D eigenvalue weighted by Crippen LogP contribution is -2.27. The van der Waals surface area contributed by atoms with Crippen molar-refractivity contribution in [1.29, 1.82) is 0 Å². The normalized spacial score (nSPS) is 18.1. The molecule has 1 atom stereocenters. The predicted octanol–water partition coefficient (Wildman–Crippen LogP) is 3.71. The van der Waals surface area contributed by atoms with Gasteiger partial charge in [0.1, 0.15) is 0 Å². The van der Waals surface area contributed by atoms with Gasteiger partial charge in [0, 0.05) is 6.20 Å². The summed E-state index contributed by atoms with van der Waals surface area (Å²) in [4.78, 5) is 0. The van der Waals surface area contributed by atoms with Crippen LogP contribution in [0.25, 0.3) is 5.69 Å². The van der Waals surface area contributed by atoms with Crippen molar-refractivity contribution in [3.05, 3.63) is 48.3 Å². The lowest BCUT2D eigenvalue weighted by molar-refractivity contribution is 0.277.